The van der Waals surface area contributed by atoms with Crippen molar-refractivity contribution in [3.63, 3.8) is 0 Å². The maximum Gasteiger partial charge on any atom is 0.344 e. The lowest BCUT2D eigenvalue weighted by Crippen LogP contribution is -2.19. The lowest BCUT2D eigenvalue weighted by Gasteiger charge is -2.08. The van der Waals surface area contributed by atoms with Gasteiger partial charge in [-0.1, -0.05) is 6.07 Å². The second kappa shape index (κ2) is 7.49. The summed E-state index contributed by atoms with van der Waals surface area (Å²) in [5, 5.41) is 8.73. The number of aryl methyl sites for hydroxylation is 1. The molecule has 2 aromatic heterocycles. The molecule has 3 aromatic rings. The van der Waals surface area contributed by atoms with Crippen LogP contribution in [0.1, 0.15) is 17.0 Å². The van der Waals surface area contributed by atoms with E-state index in [1.54, 1.807) is 36.4 Å². The highest BCUT2D eigenvalue weighted by atomic mass is 16.6. The Labute approximate surface area is 149 Å². The molecule has 0 saturated heterocycles. The number of benzene rings is 1. The van der Waals surface area contributed by atoms with Gasteiger partial charge in [0.05, 0.1) is 17.3 Å². The van der Waals surface area contributed by atoms with Crippen LogP contribution >= 0.6 is 0 Å². The molecule has 0 aliphatic carbocycles. The van der Waals surface area contributed by atoms with Crippen LogP contribution in [-0.2, 0) is 16.1 Å². The number of aromatic nitrogens is 2. The summed E-state index contributed by atoms with van der Waals surface area (Å²) in [6, 6.07) is 15.1. The Morgan fingerprint density at radius 1 is 1.23 bits per heavy atom. The number of fused-ring (bicyclic) bond motifs is 1. The predicted molar refractivity (Wildman–Crippen MR) is 92.6 cm³/mol. The second-order valence-electron chi connectivity index (χ2n) is 5.53. The van der Waals surface area contributed by atoms with Crippen molar-refractivity contribution in [2.75, 3.05) is 6.61 Å². The largest absolute Gasteiger partial charge is 0.482 e. The molecule has 2 heterocycles. The normalized spacial score (nSPS) is 10.3. The molecule has 0 radical (unpaired) electrons. The zero-order valence-electron chi connectivity index (χ0n) is 14.0. The zero-order chi connectivity index (χ0) is 18.5. The van der Waals surface area contributed by atoms with Gasteiger partial charge in [-0.2, -0.15) is 5.26 Å². The maximum atomic E-state index is 12.2. The van der Waals surface area contributed by atoms with E-state index in [4.69, 9.17) is 14.7 Å². The molecule has 0 amide bonds. The van der Waals surface area contributed by atoms with Gasteiger partial charge in [-0.25, -0.2) is 9.78 Å². The molecule has 0 aliphatic rings. The summed E-state index contributed by atoms with van der Waals surface area (Å²) < 4.78 is 11.9. The van der Waals surface area contributed by atoms with Crippen molar-refractivity contribution in [1.29, 1.82) is 5.26 Å². The summed E-state index contributed by atoms with van der Waals surface area (Å²) >= 11 is 0. The highest BCUT2D eigenvalue weighted by Gasteiger charge is 2.08. The van der Waals surface area contributed by atoms with E-state index in [2.05, 4.69) is 4.98 Å². The number of carbonyl (C=O) groups excluding carboxylic acids is 1. The molecule has 1 aromatic carbocycles. The molecule has 3 rings (SSSR count). The standard InChI is InChI=1S/C19H15N3O4/c1-13-3-2-4-17-21-15(9-18(23)22(13)17)11-26-19(24)12-25-16-7-5-14(10-20)6-8-16/h2-9H,11-12H2,1H3. The number of esters is 1. The van der Waals surface area contributed by atoms with Gasteiger partial charge in [0, 0.05) is 11.8 Å². The molecule has 0 N–H and O–H groups in total. The lowest BCUT2D eigenvalue weighted by molar-refractivity contribution is -0.147. The summed E-state index contributed by atoms with van der Waals surface area (Å²) in [5.74, 6) is -0.126. The van der Waals surface area contributed by atoms with E-state index in [0.29, 0.717) is 22.7 Å². The van der Waals surface area contributed by atoms with Crippen LogP contribution in [-0.4, -0.2) is 22.0 Å². The van der Waals surface area contributed by atoms with Gasteiger partial charge in [0.1, 0.15) is 18.0 Å². The molecule has 0 aliphatic heterocycles. The first-order chi connectivity index (χ1) is 12.6. The van der Waals surface area contributed by atoms with Crippen molar-refractivity contribution in [2.45, 2.75) is 13.5 Å². The van der Waals surface area contributed by atoms with Crippen molar-refractivity contribution in [1.82, 2.24) is 9.38 Å². The molecule has 0 spiro atoms. The van der Waals surface area contributed by atoms with Crippen molar-refractivity contribution < 1.29 is 14.3 Å². The van der Waals surface area contributed by atoms with Crippen LogP contribution in [0.15, 0.2) is 53.3 Å². The van der Waals surface area contributed by atoms with Crippen LogP contribution in [0.25, 0.3) is 5.65 Å². The molecule has 0 bridgehead atoms. The van der Waals surface area contributed by atoms with Crippen molar-refractivity contribution >= 4 is 11.6 Å². The van der Waals surface area contributed by atoms with Crippen LogP contribution < -0.4 is 10.3 Å². The Hall–Kier alpha value is -3.66. The predicted octanol–water partition coefficient (Wildman–Crippen LogP) is 2.00. The minimum atomic E-state index is -0.583. The molecule has 7 heteroatoms. The molecular weight excluding hydrogens is 334 g/mol. The Kier molecular flexibility index (Phi) is 4.94. The van der Waals surface area contributed by atoms with Gasteiger partial charge in [-0.3, -0.25) is 9.20 Å². The zero-order valence-corrected chi connectivity index (χ0v) is 14.0. The van der Waals surface area contributed by atoms with Gasteiger partial charge in [0.15, 0.2) is 6.61 Å². The van der Waals surface area contributed by atoms with Crippen molar-refractivity contribution in [3.8, 4) is 11.8 Å². The van der Waals surface area contributed by atoms with E-state index in [0.717, 1.165) is 5.69 Å². The van der Waals surface area contributed by atoms with Gasteiger partial charge in [0.25, 0.3) is 5.56 Å². The third kappa shape index (κ3) is 3.87. The van der Waals surface area contributed by atoms with Crippen LogP contribution in [0.3, 0.4) is 0 Å². The van der Waals surface area contributed by atoms with E-state index in [1.807, 2.05) is 19.1 Å². The molecule has 0 unspecified atom stereocenters. The maximum absolute atomic E-state index is 12.2. The van der Waals surface area contributed by atoms with Crippen LogP contribution in [0.4, 0.5) is 0 Å². The summed E-state index contributed by atoms with van der Waals surface area (Å²) in [6.45, 7) is 1.42. The number of hydrogen-bond donors (Lipinski definition) is 0. The lowest BCUT2D eigenvalue weighted by atomic mass is 10.2. The molecule has 0 atom stereocenters. The summed E-state index contributed by atoms with van der Waals surface area (Å²) in [4.78, 5) is 28.3. The molecule has 0 saturated carbocycles. The highest BCUT2D eigenvalue weighted by Crippen LogP contribution is 2.11. The fraction of sp³-hybridized carbons (Fsp3) is 0.158. The van der Waals surface area contributed by atoms with Crippen molar-refractivity contribution in [3.05, 3.63) is 75.8 Å². The summed E-state index contributed by atoms with van der Waals surface area (Å²) in [7, 11) is 0. The Balaban J connectivity index is 1.60. The molecule has 26 heavy (non-hydrogen) atoms. The fourth-order valence-corrected chi connectivity index (χ4v) is 2.40. The fourth-order valence-electron chi connectivity index (χ4n) is 2.40. The van der Waals surface area contributed by atoms with Crippen LogP contribution in [0.5, 0.6) is 5.75 Å². The third-order valence-electron chi connectivity index (χ3n) is 3.65. The number of hydrogen-bond acceptors (Lipinski definition) is 6. The number of pyridine rings is 1. The second-order valence-corrected chi connectivity index (χ2v) is 5.53. The summed E-state index contributed by atoms with van der Waals surface area (Å²) in [6.07, 6.45) is 0. The van der Waals surface area contributed by atoms with E-state index in [1.165, 1.54) is 10.5 Å². The topological polar surface area (TPSA) is 93.7 Å². The van der Waals surface area contributed by atoms with Gasteiger partial charge in [-0.05, 0) is 43.3 Å². The first-order valence-corrected chi connectivity index (χ1v) is 7.84. The van der Waals surface area contributed by atoms with Crippen molar-refractivity contribution in [2.24, 2.45) is 0 Å². The van der Waals surface area contributed by atoms with Gasteiger partial charge in [-0.15, -0.1) is 0 Å². The van der Waals surface area contributed by atoms with E-state index in [9.17, 15) is 9.59 Å². The average Bonchev–Trinajstić information content (AvgIpc) is 2.65. The smallest absolute Gasteiger partial charge is 0.344 e. The minimum Gasteiger partial charge on any atom is -0.482 e. The average molecular weight is 349 g/mol. The summed E-state index contributed by atoms with van der Waals surface area (Å²) in [5.41, 5.74) is 1.92. The number of carbonyl (C=O) groups is 1. The molecule has 7 nitrogen and oxygen atoms in total. The van der Waals surface area contributed by atoms with Crippen LogP contribution in [0, 0.1) is 18.3 Å². The number of ether oxygens (including phenoxy) is 2. The van der Waals surface area contributed by atoms with E-state index < -0.39 is 5.97 Å². The van der Waals surface area contributed by atoms with Crippen LogP contribution in [0.2, 0.25) is 0 Å². The number of rotatable bonds is 5. The Morgan fingerprint density at radius 2 is 2.00 bits per heavy atom. The molecule has 130 valence electrons. The SMILES string of the molecule is Cc1cccc2nc(COC(=O)COc3ccc(C#N)cc3)cc(=O)n12. The monoisotopic (exact) mass is 349 g/mol. The Morgan fingerprint density at radius 3 is 2.73 bits per heavy atom. The Bertz CT molecular complexity index is 1050. The first-order valence-electron chi connectivity index (χ1n) is 7.84. The van der Waals surface area contributed by atoms with Gasteiger partial charge in [0.2, 0.25) is 0 Å². The minimum absolute atomic E-state index is 0.116. The van der Waals surface area contributed by atoms with E-state index in [-0.39, 0.29) is 18.8 Å². The molecule has 0 fully saturated rings. The third-order valence-corrected chi connectivity index (χ3v) is 3.65. The molecular formula is C19H15N3O4. The van der Waals surface area contributed by atoms with E-state index >= 15 is 0 Å². The van der Waals surface area contributed by atoms with Gasteiger partial charge < -0.3 is 9.47 Å². The number of nitrogens with zero attached hydrogens (tertiary/aromatic N) is 3. The first kappa shape index (κ1) is 17.2. The quantitative estimate of drug-likeness (QED) is 0.654. The number of nitriles is 1. The highest BCUT2D eigenvalue weighted by molar-refractivity contribution is 5.71. The van der Waals surface area contributed by atoms with Gasteiger partial charge >= 0.3 is 5.97 Å².